The summed E-state index contributed by atoms with van der Waals surface area (Å²) in [6.07, 6.45) is 0.469. The quantitative estimate of drug-likeness (QED) is 0.255. The molecule has 0 aromatic heterocycles. The lowest BCUT2D eigenvalue weighted by Gasteiger charge is -2.40. The van der Waals surface area contributed by atoms with Crippen LogP contribution in [0.3, 0.4) is 0 Å². The van der Waals surface area contributed by atoms with Gasteiger partial charge in [-0.25, -0.2) is 4.79 Å². The van der Waals surface area contributed by atoms with Crippen molar-refractivity contribution >= 4 is 35.4 Å². The van der Waals surface area contributed by atoms with E-state index < -0.39 is 42.5 Å². The van der Waals surface area contributed by atoms with Gasteiger partial charge in [-0.05, 0) is 48.4 Å². The first-order valence-electron chi connectivity index (χ1n) is 14.9. The van der Waals surface area contributed by atoms with Crippen molar-refractivity contribution in [3.63, 3.8) is 0 Å². The minimum atomic E-state index is -2.74. The number of likely N-dealkylation sites (tertiary alicyclic amines) is 2. The monoisotopic (exact) mass is 646 g/mol. The summed E-state index contributed by atoms with van der Waals surface area (Å²) in [4.78, 5) is 48.1. The topological polar surface area (TPSA) is 185 Å². The number of carbonyl (C=O) groups excluding carboxylic acids is 1. The van der Waals surface area contributed by atoms with Gasteiger partial charge in [-0.3, -0.25) is 14.4 Å². The van der Waals surface area contributed by atoms with E-state index in [2.05, 4.69) is 29.2 Å². The highest BCUT2D eigenvalue weighted by molar-refractivity contribution is 6.31. The number of hydrogen-bond acceptors (Lipinski definition) is 8. The Morgan fingerprint density at radius 2 is 1.58 bits per heavy atom. The third-order valence-electron chi connectivity index (χ3n) is 8.69. The first kappa shape index (κ1) is 34.3. The lowest BCUT2D eigenvalue weighted by Crippen LogP contribution is -2.47. The number of amides is 1. The number of aliphatic carboxylic acids is 3. The SMILES string of the molecule is O=C(C(Cc1ccccc1Cl)CN1CCC2(CC1)OCc1ccccc12)N1CC[C@@H](O)C1.O=C(O)CC(O)(CC(=O)O)C(=O)O. The molecule has 244 valence electrons. The molecular weight excluding hydrogens is 608 g/mol. The molecular formula is C32H39ClN2O10. The van der Waals surface area contributed by atoms with Crippen LogP contribution in [0.2, 0.25) is 5.02 Å². The summed E-state index contributed by atoms with van der Waals surface area (Å²) in [5.41, 5.74) is 0.745. The van der Waals surface area contributed by atoms with E-state index in [1.54, 1.807) is 0 Å². The molecule has 12 nitrogen and oxygen atoms in total. The minimum absolute atomic E-state index is 0.129. The second-order valence-electron chi connectivity index (χ2n) is 11.9. The van der Waals surface area contributed by atoms with E-state index in [9.17, 15) is 24.3 Å². The zero-order valence-corrected chi connectivity index (χ0v) is 25.6. The van der Waals surface area contributed by atoms with Gasteiger partial charge in [0.25, 0.3) is 0 Å². The Hall–Kier alpha value is -3.55. The Morgan fingerprint density at radius 3 is 2.16 bits per heavy atom. The Labute approximate surface area is 265 Å². The fourth-order valence-electron chi connectivity index (χ4n) is 6.28. The summed E-state index contributed by atoms with van der Waals surface area (Å²) in [7, 11) is 0. The van der Waals surface area contributed by atoms with Gasteiger partial charge in [0, 0.05) is 37.7 Å². The van der Waals surface area contributed by atoms with Gasteiger partial charge in [0.1, 0.15) is 0 Å². The van der Waals surface area contributed by atoms with Crippen LogP contribution in [0, 0.1) is 5.92 Å². The van der Waals surface area contributed by atoms with Crippen molar-refractivity contribution in [2.24, 2.45) is 5.92 Å². The summed E-state index contributed by atoms with van der Waals surface area (Å²) in [5, 5.41) is 44.5. The molecule has 0 bridgehead atoms. The Kier molecular flexibility index (Phi) is 11.2. The average molecular weight is 647 g/mol. The number of rotatable bonds is 10. The van der Waals surface area contributed by atoms with Gasteiger partial charge in [0.05, 0.1) is 37.1 Å². The highest BCUT2D eigenvalue weighted by atomic mass is 35.5. The maximum absolute atomic E-state index is 13.4. The molecule has 2 atom stereocenters. The lowest BCUT2D eigenvalue weighted by molar-refractivity contribution is -0.170. The summed E-state index contributed by atoms with van der Waals surface area (Å²) >= 11 is 6.43. The Morgan fingerprint density at radius 1 is 0.956 bits per heavy atom. The maximum Gasteiger partial charge on any atom is 0.336 e. The molecule has 1 unspecified atom stereocenters. The van der Waals surface area contributed by atoms with Crippen molar-refractivity contribution in [2.45, 2.75) is 62.4 Å². The molecule has 0 radical (unpaired) electrons. The van der Waals surface area contributed by atoms with Crippen LogP contribution in [0.25, 0.3) is 0 Å². The van der Waals surface area contributed by atoms with Crippen LogP contribution in [0.5, 0.6) is 0 Å². The predicted octanol–water partition coefficient (Wildman–Crippen LogP) is 2.36. The molecule has 2 fully saturated rings. The molecule has 2 aromatic carbocycles. The number of nitrogens with zero attached hydrogens (tertiary/aromatic N) is 2. The smallest absolute Gasteiger partial charge is 0.336 e. The molecule has 2 saturated heterocycles. The fourth-order valence-corrected chi connectivity index (χ4v) is 6.49. The van der Waals surface area contributed by atoms with Gasteiger partial charge in [-0.2, -0.15) is 0 Å². The van der Waals surface area contributed by atoms with Crippen LogP contribution in [0.4, 0.5) is 0 Å². The van der Waals surface area contributed by atoms with E-state index in [1.165, 1.54) is 11.1 Å². The van der Waals surface area contributed by atoms with Gasteiger partial charge in [0.15, 0.2) is 5.60 Å². The number of aliphatic hydroxyl groups is 2. The van der Waals surface area contributed by atoms with Crippen molar-refractivity contribution < 1.29 is 49.4 Å². The molecule has 3 heterocycles. The molecule has 1 amide bonds. The second kappa shape index (κ2) is 14.7. The highest BCUT2D eigenvalue weighted by Gasteiger charge is 2.43. The van der Waals surface area contributed by atoms with E-state index >= 15 is 0 Å². The zero-order chi connectivity index (χ0) is 32.8. The number of ether oxygens (including phenoxy) is 1. The van der Waals surface area contributed by atoms with Crippen LogP contribution >= 0.6 is 11.6 Å². The molecule has 1 spiro atoms. The number of aliphatic hydroxyl groups excluding tert-OH is 1. The number of β-amino-alcohol motifs (C(OH)–C–C–N with tert-alkyl or cyclic N) is 1. The summed E-state index contributed by atoms with van der Waals surface area (Å²) in [6.45, 7) is 4.28. The van der Waals surface area contributed by atoms with Crippen molar-refractivity contribution in [1.82, 2.24) is 9.80 Å². The van der Waals surface area contributed by atoms with Gasteiger partial charge >= 0.3 is 17.9 Å². The Balaban J connectivity index is 0.000000302. The fraction of sp³-hybridized carbons (Fsp3) is 0.500. The lowest BCUT2D eigenvalue weighted by atomic mass is 9.83. The predicted molar refractivity (Wildman–Crippen MR) is 162 cm³/mol. The van der Waals surface area contributed by atoms with Crippen molar-refractivity contribution in [1.29, 1.82) is 0 Å². The number of piperidine rings is 1. The van der Waals surface area contributed by atoms with E-state index in [1.807, 2.05) is 29.2 Å². The van der Waals surface area contributed by atoms with Crippen LogP contribution < -0.4 is 0 Å². The van der Waals surface area contributed by atoms with Gasteiger partial charge in [0.2, 0.25) is 5.91 Å². The summed E-state index contributed by atoms with van der Waals surface area (Å²) in [6, 6.07) is 16.3. The standard InChI is InChI=1S/C26H31ClN2O3.C6H8O7/c27-24-8-4-2-5-19(24)15-21(25(31)29-12-9-22(30)17-29)16-28-13-10-26(11-14-28)23-7-3-1-6-20(23)18-32-26;7-3(8)1-6(13,5(11)12)2-4(9)10/h1-8,21-22,30H,9-18H2;13H,1-2H2,(H,7,8)(H,9,10)(H,11,12)/t21?,22-;/m1./s1. The largest absolute Gasteiger partial charge is 0.481 e. The molecule has 5 N–H and O–H groups in total. The normalized spacial score (nSPS) is 19.8. The molecule has 3 aliphatic heterocycles. The van der Waals surface area contributed by atoms with Crippen molar-refractivity contribution in [3.05, 3.63) is 70.2 Å². The molecule has 2 aromatic rings. The van der Waals surface area contributed by atoms with E-state index in [0.717, 1.165) is 31.5 Å². The van der Waals surface area contributed by atoms with Crippen LogP contribution in [0.15, 0.2) is 48.5 Å². The number of hydrogen-bond donors (Lipinski definition) is 5. The van der Waals surface area contributed by atoms with E-state index in [-0.39, 0.29) is 17.4 Å². The third kappa shape index (κ3) is 8.59. The summed E-state index contributed by atoms with van der Waals surface area (Å²) in [5.74, 6) is -5.06. The number of carboxylic acids is 3. The van der Waals surface area contributed by atoms with Crippen molar-refractivity contribution in [3.8, 4) is 0 Å². The first-order chi connectivity index (χ1) is 21.3. The number of benzene rings is 2. The molecule has 5 rings (SSSR count). The van der Waals surface area contributed by atoms with Crippen LogP contribution in [0.1, 0.15) is 48.8 Å². The van der Waals surface area contributed by atoms with Crippen molar-refractivity contribution in [2.75, 3.05) is 32.7 Å². The molecule has 3 aliphatic rings. The Bertz CT molecular complexity index is 1380. The third-order valence-corrected chi connectivity index (χ3v) is 9.06. The van der Waals surface area contributed by atoms with Crippen LogP contribution in [-0.4, -0.2) is 104 Å². The number of carboxylic acid groups (broad SMARTS) is 3. The minimum Gasteiger partial charge on any atom is -0.481 e. The highest BCUT2D eigenvalue weighted by Crippen LogP contribution is 2.44. The zero-order valence-electron chi connectivity index (χ0n) is 24.8. The van der Waals surface area contributed by atoms with E-state index in [0.29, 0.717) is 44.1 Å². The van der Waals surface area contributed by atoms with E-state index in [4.69, 9.17) is 36.8 Å². The number of carbonyl (C=O) groups is 4. The maximum atomic E-state index is 13.4. The molecule has 13 heteroatoms. The average Bonchev–Trinajstić information content (AvgIpc) is 3.58. The van der Waals surface area contributed by atoms with Crippen LogP contribution in [-0.2, 0) is 42.5 Å². The molecule has 0 saturated carbocycles. The second-order valence-corrected chi connectivity index (χ2v) is 12.3. The molecule has 45 heavy (non-hydrogen) atoms. The van der Waals surface area contributed by atoms with Gasteiger partial charge in [-0.15, -0.1) is 0 Å². The summed E-state index contributed by atoms with van der Waals surface area (Å²) < 4.78 is 6.31. The first-order valence-corrected chi connectivity index (χ1v) is 15.2. The number of fused-ring (bicyclic) bond motifs is 2. The van der Waals surface area contributed by atoms with Gasteiger partial charge < -0.3 is 40.1 Å². The van der Waals surface area contributed by atoms with Gasteiger partial charge in [-0.1, -0.05) is 54.1 Å². The number of halogens is 1. The molecule has 0 aliphatic carbocycles.